The average Bonchev–Trinajstić information content (AvgIpc) is 1.86. The summed E-state index contributed by atoms with van der Waals surface area (Å²) >= 11 is 0. The minimum atomic E-state index is -0.0463. The summed E-state index contributed by atoms with van der Waals surface area (Å²) in [6.07, 6.45) is 1.54. The van der Waals surface area contributed by atoms with Crippen molar-refractivity contribution < 1.29 is 9.53 Å². The van der Waals surface area contributed by atoms with E-state index in [1.165, 1.54) is 0 Å². The SMILES string of the molecule is N.O=C1CCCO1. The van der Waals surface area contributed by atoms with Gasteiger partial charge < -0.3 is 10.9 Å². The zero-order chi connectivity index (χ0) is 4.41. The van der Waals surface area contributed by atoms with Crippen LogP contribution in [-0.2, 0) is 9.53 Å². The summed E-state index contributed by atoms with van der Waals surface area (Å²) in [5, 5.41) is 0. The maximum absolute atomic E-state index is 10.0. The fourth-order valence-corrected chi connectivity index (χ4v) is 0.475. The molecule has 0 radical (unpaired) electrons. The monoisotopic (exact) mass is 103 g/mol. The predicted molar refractivity (Wildman–Crippen MR) is 25.2 cm³/mol. The molecule has 1 aliphatic rings. The number of rotatable bonds is 0. The van der Waals surface area contributed by atoms with Crippen molar-refractivity contribution in [1.82, 2.24) is 6.15 Å². The summed E-state index contributed by atoms with van der Waals surface area (Å²) in [7, 11) is 0. The van der Waals surface area contributed by atoms with Crippen molar-refractivity contribution in [1.29, 1.82) is 0 Å². The number of hydrogen-bond acceptors (Lipinski definition) is 3. The normalized spacial score (nSPS) is 18.0. The largest absolute Gasteiger partial charge is 0.466 e. The molecule has 0 aliphatic carbocycles. The van der Waals surface area contributed by atoms with Crippen LogP contribution in [0, 0.1) is 0 Å². The van der Waals surface area contributed by atoms with Crippen LogP contribution in [0.25, 0.3) is 0 Å². The van der Waals surface area contributed by atoms with E-state index in [-0.39, 0.29) is 12.1 Å². The lowest BCUT2D eigenvalue weighted by Gasteiger charge is -1.81. The third kappa shape index (κ3) is 1.55. The lowest BCUT2D eigenvalue weighted by Crippen LogP contribution is -1.88. The summed E-state index contributed by atoms with van der Waals surface area (Å²) in [5.41, 5.74) is 0. The van der Waals surface area contributed by atoms with Gasteiger partial charge in [-0.1, -0.05) is 0 Å². The molecule has 3 N–H and O–H groups in total. The second kappa shape index (κ2) is 2.58. The molecule has 1 heterocycles. The van der Waals surface area contributed by atoms with Gasteiger partial charge in [0.15, 0.2) is 0 Å². The van der Waals surface area contributed by atoms with E-state index in [0.29, 0.717) is 13.0 Å². The van der Waals surface area contributed by atoms with Gasteiger partial charge in [-0.15, -0.1) is 0 Å². The van der Waals surface area contributed by atoms with E-state index in [1.807, 2.05) is 0 Å². The first kappa shape index (κ1) is 6.43. The van der Waals surface area contributed by atoms with Gasteiger partial charge in [-0.05, 0) is 6.42 Å². The molecule has 3 heteroatoms. The van der Waals surface area contributed by atoms with E-state index < -0.39 is 0 Å². The minimum absolute atomic E-state index is 0. The van der Waals surface area contributed by atoms with Gasteiger partial charge in [-0.2, -0.15) is 0 Å². The molecule has 0 aromatic rings. The molecule has 0 aromatic carbocycles. The van der Waals surface area contributed by atoms with Crippen LogP contribution in [0.3, 0.4) is 0 Å². The number of carbonyl (C=O) groups excluding carboxylic acids is 1. The Balaban J connectivity index is 0.000000360. The van der Waals surface area contributed by atoms with Gasteiger partial charge in [0.05, 0.1) is 6.61 Å². The fourth-order valence-electron chi connectivity index (χ4n) is 0.475. The second-order valence-electron chi connectivity index (χ2n) is 1.32. The van der Waals surface area contributed by atoms with Gasteiger partial charge in [0, 0.05) is 6.42 Å². The Kier molecular flexibility index (Phi) is 2.37. The highest BCUT2D eigenvalue weighted by Crippen LogP contribution is 2.01. The van der Waals surface area contributed by atoms with Gasteiger partial charge in [0.1, 0.15) is 0 Å². The summed E-state index contributed by atoms with van der Waals surface area (Å²) < 4.78 is 4.51. The molecule has 0 atom stereocenters. The molecule has 42 valence electrons. The fraction of sp³-hybridized carbons (Fsp3) is 0.750. The third-order valence-electron chi connectivity index (χ3n) is 0.788. The molecule has 0 saturated carbocycles. The first-order chi connectivity index (χ1) is 2.89. The van der Waals surface area contributed by atoms with E-state index in [4.69, 9.17) is 0 Å². The molecule has 0 amide bonds. The summed E-state index contributed by atoms with van der Waals surface area (Å²) in [6.45, 7) is 0.638. The number of esters is 1. The highest BCUT2D eigenvalue weighted by atomic mass is 16.5. The van der Waals surface area contributed by atoms with Gasteiger partial charge in [-0.3, -0.25) is 4.79 Å². The molecule has 0 aromatic heterocycles. The third-order valence-corrected chi connectivity index (χ3v) is 0.788. The Morgan fingerprint density at radius 2 is 2.29 bits per heavy atom. The zero-order valence-corrected chi connectivity index (χ0v) is 4.14. The Hall–Kier alpha value is -0.570. The van der Waals surface area contributed by atoms with Gasteiger partial charge >= 0.3 is 5.97 Å². The first-order valence-electron chi connectivity index (χ1n) is 2.05. The van der Waals surface area contributed by atoms with Crippen LogP contribution in [0.2, 0.25) is 0 Å². The van der Waals surface area contributed by atoms with Crippen molar-refractivity contribution in [3.8, 4) is 0 Å². The maximum Gasteiger partial charge on any atom is 0.305 e. The van der Waals surface area contributed by atoms with Crippen LogP contribution < -0.4 is 6.15 Å². The van der Waals surface area contributed by atoms with Crippen LogP contribution in [0.1, 0.15) is 12.8 Å². The number of ether oxygens (including phenoxy) is 1. The highest BCUT2D eigenvalue weighted by molar-refractivity contribution is 5.70. The van der Waals surface area contributed by atoms with E-state index in [9.17, 15) is 4.79 Å². The summed E-state index contributed by atoms with van der Waals surface area (Å²) in [5.74, 6) is -0.0463. The average molecular weight is 103 g/mol. The van der Waals surface area contributed by atoms with Gasteiger partial charge in [-0.25, -0.2) is 0 Å². The summed E-state index contributed by atoms with van der Waals surface area (Å²) in [6, 6.07) is 0. The molecule has 0 bridgehead atoms. The van der Waals surface area contributed by atoms with Crippen molar-refractivity contribution in [2.75, 3.05) is 6.61 Å². The standard InChI is InChI=1S/C4H6O2.H3N/c5-4-2-1-3-6-4;/h1-3H2;1H3. The van der Waals surface area contributed by atoms with E-state index in [0.717, 1.165) is 6.42 Å². The molecule has 1 fully saturated rings. The Bertz CT molecular complexity index is 64.1. The Morgan fingerprint density at radius 1 is 1.57 bits per heavy atom. The molecular formula is C4H9NO2. The van der Waals surface area contributed by atoms with Crippen LogP contribution in [0.4, 0.5) is 0 Å². The maximum atomic E-state index is 10.0. The number of carbonyl (C=O) groups is 1. The predicted octanol–water partition coefficient (Wildman–Crippen LogP) is 0.485. The molecule has 1 aliphatic heterocycles. The van der Waals surface area contributed by atoms with Crippen molar-refractivity contribution >= 4 is 5.97 Å². The minimum Gasteiger partial charge on any atom is -0.466 e. The lowest BCUT2D eigenvalue weighted by atomic mass is 10.4. The molecule has 0 unspecified atom stereocenters. The van der Waals surface area contributed by atoms with Gasteiger partial charge in [0.2, 0.25) is 0 Å². The molecule has 1 saturated heterocycles. The Morgan fingerprint density at radius 3 is 2.43 bits per heavy atom. The summed E-state index contributed by atoms with van der Waals surface area (Å²) in [4.78, 5) is 10.0. The zero-order valence-electron chi connectivity index (χ0n) is 4.14. The van der Waals surface area contributed by atoms with Crippen molar-refractivity contribution in [3.63, 3.8) is 0 Å². The van der Waals surface area contributed by atoms with E-state index in [2.05, 4.69) is 4.74 Å². The first-order valence-corrected chi connectivity index (χ1v) is 2.05. The van der Waals surface area contributed by atoms with Crippen molar-refractivity contribution in [2.45, 2.75) is 12.8 Å². The molecular weight excluding hydrogens is 94.0 g/mol. The van der Waals surface area contributed by atoms with Gasteiger partial charge in [0.25, 0.3) is 0 Å². The molecule has 1 rings (SSSR count). The number of cyclic esters (lactones) is 1. The second-order valence-corrected chi connectivity index (χ2v) is 1.32. The lowest BCUT2D eigenvalue weighted by molar-refractivity contribution is -0.137. The van der Waals surface area contributed by atoms with E-state index >= 15 is 0 Å². The molecule has 3 nitrogen and oxygen atoms in total. The smallest absolute Gasteiger partial charge is 0.305 e. The highest BCUT2D eigenvalue weighted by Gasteiger charge is 2.08. The topological polar surface area (TPSA) is 61.3 Å². The van der Waals surface area contributed by atoms with Crippen molar-refractivity contribution in [3.05, 3.63) is 0 Å². The molecule has 0 spiro atoms. The molecule has 7 heavy (non-hydrogen) atoms. The van der Waals surface area contributed by atoms with Crippen molar-refractivity contribution in [2.24, 2.45) is 0 Å². The van der Waals surface area contributed by atoms with Crippen LogP contribution >= 0.6 is 0 Å². The van der Waals surface area contributed by atoms with Crippen LogP contribution in [0.5, 0.6) is 0 Å². The Labute approximate surface area is 42.2 Å². The quantitative estimate of drug-likeness (QED) is 0.454. The van der Waals surface area contributed by atoms with E-state index in [1.54, 1.807) is 0 Å². The number of hydrogen-bond donors (Lipinski definition) is 1. The van der Waals surface area contributed by atoms with Crippen LogP contribution in [-0.4, -0.2) is 12.6 Å². The van der Waals surface area contributed by atoms with Crippen LogP contribution in [0.15, 0.2) is 0 Å².